The Morgan fingerprint density at radius 2 is 1.73 bits per heavy atom. The number of hydrogen-bond donors (Lipinski definition) is 2. The number of piperidine rings is 1. The van der Waals surface area contributed by atoms with Crippen LogP contribution in [0.1, 0.15) is 43.7 Å². The Balaban J connectivity index is 1.70. The van der Waals surface area contributed by atoms with E-state index in [9.17, 15) is 23.4 Å². The summed E-state index contributed by atoms with van der Waals surface area (Å²) in [6.07, 6.45) is -0.541. The monoisotopic (exact) mass is 433 g/mol. The molecule has 1 aliphatic rings. The van der Waals surface area contributed by atoms with E-state index >= 15 is 0 Å². The fourth-order valence-electron chi connectivity index (χ4n) is 3.44. The standard InChI is InChI=1S/C22H27NO6S/c1-15(2)17-5-3-16(4-6-17)14-29-19-8-10-20(11-9-19)30(27,28)23-13-18(24)7-12-21(23)22(25)26/h3-6,8-11,15,18,21,24H,7,12-14H2,1-2H3,(H,25,26). The molecular formula is C22H27NO6S. The summed E-state index contributed by atoms with van der Waals surface area (Å²) in [5.41, 5.74) is 2.25. The normalized spacial score (nSPS) is 20.3. The van der Waals surface area contributed by atoms with E-state index in [2.05, 4.69) is 26.0 Å². The van der Waals surface area contributed by atoms with Crippen molar-refractivity contribution in [3.63, 3.8) is 0 Å². The topological polar surface area (TPSA) is 104 Å². The van der Waals surface area contributed by atoms with Crippen LogP contribution in [0.2, 0.25) is 0 Å². The Labute approximate surface area is 177 Å². The van der Waals surface area contributed by atoms with Crippen molar-refractivity contribution in [3.8, 4) is 5.75 Å². The first-order valence-corrected chi connectivity index (χ1v) is 11.4. The molecule has 1 saturated heterocycles. The minimum Gasteiger partial charge on any atom is -0.489 e. The Hall–Kier alpha value is -2.42. The van der Waals surface area contributed by atoms with Crippen molar-refractivity contribution in [2.75, 3.05) is 6.54 Å². The van der Waals surface area contributed by atoms with Crippen molar-refractivity contribution in [2.24, 2.45) is 0 Å². The van der Waals surface area contributed by atoms with E-state index in [-0.39, 0.29) is 24.3 Å². The molecule has 3 rings (SSSR count). The van der Waals surface area contributed by atoms with Crippen LogP contribution in [0, 0.1) is 0 Å². The molecular weight excluding hydrogens is 406 g/mol. The lowest BCUT2D eigenvalue weighted by Gasteiger charge is -2.34. The zero-order chi connectivity index (χ0) is 21.9. The van der Waals surface area contributed by atoms with E-state index in [0.717, 1.165) is 9.87 Å². The van der Waals surface area contributed by atoms with E-state index in [1.54, 1.807) is 12.1 Å². The van der Waals surface area contributed by atoms with E-state index in [1.807, 2.05) is 12.1 Å². The smallest absolute Gasteiger partial charge is 0.322 e. The number of aliphatic hydroxyl groups excluding tert-OH is 1. The predicted octanol–water partition coefficient (Wildman–Crippen LogP) is 2.99. The van der Waals surface area contributed by atoms with Gasteiger partial charge in [-0.25, -0.2) is 8.42 Å². The zero-order valence-electron chi connectivity index (χ0n) is 17.1. The molecule has 2 aromatic rings. The van der Waals surface area contributed by atoms with Gasteiger partial charge in [0.15, 0.2) is 0 Å². The number of aliphatic carboxylic acids is 1. The van der Waals surface area contributed by atoms with Crippen molar-refractivity contribution in [1.29, 1.82) is 0 Å². The number of carboxylic acid groups (broad SMARTS) is 1. The first kappa shape index (κ1) is 22.3. The second kappa shape index (κ2) is 9.16. The van der Waals surface area contributed by atoms with Gasteiger partial charge in [-0.1, -0.05) is 38.1 Å². The van der Waals surface area contributed by atoms with Gasteiger partial charge in [0, 0.05) is 6.54 Å². The molecule has 30 heavy (non-hydrogen) atoms. The van der Waals surface area contributed by atoms with Gasteiger partial charge < -0.3 is 14.9 Å². The first-order chi connectivity index (χ1) is 14.2. The lowest BCUT2D eigenvalue weighted by molar-refractivity contribution is -0.143. The van der Waals surface area contributed by atoms with Crippen molar-refractivity contribution < 1.29 is 28.2 Å². The Morgan fingerprint density at radius 3 is 2.30 bits per heavy atom. The number of sulfonamides is 1. The van der Waals surface area contributed by atoms with Gasteiger partial charge in [0.1, 0.15) is 18.4 Å². The maximum absolute atomic E-state index is 12.9. The predicted molar refractivity (Wildman–Crippen MR) is 112 cm³/mol. The second-order valence-electron chi connectivity index (χ2n) is 7.82. The molecule has 2 aromatic carbocycles. The summed E-state index contributed by atoms with van der Waals surface area (Å²) in [5, 5.41) is 19.2. The summed E-state index contributed by atoms with van der Waals surface area (Å²) in [7, 11) is -4.05. The number of ether oxygens (including phenoxy) is 1. The summed E-state index contributed by atoms with van der Waals surface area (Å²) in [6, 6.07) is 12.8. The zero-order valence-corrected chi connectivity index (χ0v) is 17.9. The minimum absolute atomic E-state index is 0.0310. The Kier molecular flexibility index (Phi) is 6.80. The van der Waals surface area contributed by atoms with E-state index < -0.39 is 28.1 Å². The molecule has 0 radical (unpaired) electrons. The van der Waals surface area contributed by atoms with Crippen molar-refractivity contribution in [3.05, 3.63) is 59.7 Å². The van der Waals surface area contributed by atoms with Crippen LogP contribution >= 0.6 is 0 Å². The summed E-state index contributed by atoms with van der Waals surface area (Å²) in [5.74, 6) is -0.250. The van der Waals surface area contributed by atoms with Crippen molar-refractivity contribution >= 4 is 16.0 Å². The van der Waals surface area contributed by atoms with Gasteiger partial charge in [-0.15, -0.1) is 0 Å². The molecule has 8 heteroatoms. The third kappa shape index (κ3) is 5.00. The average Bonchev–Trinajstić information content (AvgIpc) is 2.72. The van der Waals surface area contributed by atoms with Gasteiger partial charge in [0.25, 0.3) is 0 Å². The fraction of sp³-hybridized carbons (Fsp3) is 0.409. The van der Waals surface area contributed by atoms with Gasteiger partial charge in [0.05, 0.1) is 11.0 Å². The highest BCUT2D eigenvalue weighted by Crippen LogP contribution is 2.27. The van der Waals surface area contributed by atoms with Gasteiger partial charge in [-0.2, -0.15) is 4.31 Å². The fourth-order valence-corrected chi connectivity index (χ4v) is 5.09. The van der Waals surface area contributed by atoms with Crippen LogP contribution in [-0.4, -0.2) is 47.6 Å². The molecule has 1 fully saturated rings. The van der Waals surface area contributed by atoms with Crippen molar-refractivity contribution in [1.82, 2.24) is 4.31 Å². The van der Waals surface area contributed by atoms with Gasteiger partial charge in [-0.3, -0.25) is 4.79 Å². The molecule has 0 aliphatic carbocycles. The quantitative estimate of drug-likeness (QED) is 0.696. The van der Waals surface area contributed by atoms with Gasteiger partial charge in [0.2, 0.25) is 10.0 Å². The molecule has 162 valence electrons. The molecule has 0 aromatic heterocycles. The molecule has 0 spiro atoms. The van der Waals surface area contributed by atoms with Gasteiger partial charge >= 0.3 is 5.97 Å². The number of β-amino-alcohol motifs (C(OH)–C–C–N with tert-alkyl or cyclic N) is 1. The van der Waals surface area contributed by atoms with E-state index in [1.165, 1.54) is 17.7 Å². The molecule has 1 heterocycles. The number of benzene rings is 2. The van der Waals surface area contributed by atoms with Crippen LogP contribution in [0.5, 0.6) is 5.75 Å². The number of nitrogens with zero attached hydrogens (tertiary/aromatic N) is 1. The third-order valence-electron chi connectivity index (χ3n) is 5.28. The van der Waals surface area contributed by atoms with Crippen LogP contribution in [0.4, 0.5) is 0 Å². The molecule has 0 bridgehead atoms. The second-order valence-corrected chi connectivity index (χ2v) is 9.71. The van der Waals surface area contributed by atoms with Crippen LogP contribution in [0.25, 0.3) is 0 Å². The number of carboxylic acids is 1. The first-order valence-electron chi connectivity index (χ1n) is 9.93. The summed E-state index contributed by atoms with van der Waals surface area (Å²) in [6.45, 7) is 4.38. The Bertz CT molecular complexity index is 970. The third-order valence-corrected chi connectivity index (χ3v) is 7.17. The lowest BCUT2D eigenvalue weighted by Crippen LogP contribution is -2.51. The molecule has 2 N–H and O–H groups in total. The van der Waals surface area contributed by atoms with Gasteiger partial charge in [-0.05, 0) is 54.2 Å². The summed E-state index contributed by atoms with van der Waals surface area (Å²) in [4.78, 5) is 11.4. The average molecular weight is 434 g/mol. The molecule has 0 amide bonds. The Morgan fingerprint density at radius 1 is 1.10 bits per heavy atom. The van der Waals surface area contributed by atoms with Crippen LogP contribution in [-0.2, 0) is 21.4 Å². The summed E-state index contributed by atoms with van der Waals surface area (Å²) < 4.78 is 32.5. The maximum Gasteiger partial charge on any atom is 0.322 e. The number of hydrogen-bond acceptors (Lipinski definition) is 5. The summed E-state index contributed by atoms with van der Waals surface area (Å²) >= 11 is 0. The molecule has 7 nitrogen and oxygen atoms in total. The van der Waals surface area contributed by atoms with E-state index in [4.69, 9.17) is 4.74 Å². The largest absolute Gasteiger partial charge is 0.489 e. The number of carbonyl (C=O) groups is 1. The number of aliphatic hydroxyl groups is 1. The minimum atomic E-state index is -4.05. The lowest BCUT2D eigenvalue weighted by atomic mass is 10.0. The van der Waals surface area contributed by atoms with E-state index in [0.29, 0.717) is 18.3 Å². The highest BCUT2D eigenvalue weighted by atomic mass is 32.2. The van der Waals surface area contributed by atoms with Crippen LogP contribution < -0.4 is 4.74 Å². The molecule has 2 atom stereocenters. The maximum atomic E-state index is 12.9. The van der Waals surface area contributed by atoms with Crippen molar-refractivity contribution in [2.45, 2.75) is 56.3 Å². The number of rotatable bonds is 7. The SMILES string of the molecule is CC(C)c1ccc(COc2ccc(S(=O)(=O)N3CC(O)CCC3C(=O)O)cc2)cc1. The molecule has 0 saturated carbocycles. The highest BCUT2D eigenvalue weighted by Gasteiger charge is 2.40. The highest BCUT2D eigenvalue weighted by molar-refractivity contribution is 7.89. The molecule has 2 unspecified atom stereocenters. The molecule has 1 aliphatic heterocycles. The van der Waals surface area contributed by atoms with Crippen LogP contribution in [0.3, 0.4) is 0 Å². The van der Waals surface area contributed by atoms with Crippen LogP contribution in [0.15, 0.2) is 53.4 Å².